The zero-order chi connectivity index (χ0) is 33.0. The van der Waals surface area contributed by atoms with Crippen molar-refractivity contribution < 1.29 is 0 Å². The average molecular weight is 643 g/mol. The van der Waals surface area contributed by atoms with Gasteiger partial charge in [-0.2, -0.15) is 0 Å². The van der Waals surface area contributed by atoms with Crippen molar-refractivity contribution in [2.75, 3.05) is 0 Å². The largest absolute Gasteiger partial charge is 0.309 e. The summed E-state index contributed by atoms with van der Waals surface area (Å²) in [6.45, 7) is 0. The molecule has 50 heavy (non-hydrogen) atoms. The number of rotatable bonds is 5. The molecule has 0 aliphatic heterocycles. The Morgan fingerprint density at radius 1 is 0.340 bits per heavy atom. The lowest BCUT2D eigenvalue weighted by atomic mass is 9.91. The number of aromatic nitrogens is 8. The fourth-order valence-corrected chi connectivity index (χ4v) is 7.25. The molecule has 234 valence electrons. The Balaban J connectivity index is 1.24. The molecule has 0 aliphatic rings. The van der Waals surface area contributed by atoms with Gasteiger partial charge in [-0.1, -0.05) is 24.3 Å². The lowest BCUT2D eigenvalue weighted by molar-refractivity contribution is 1.16. The first-order valence-corrected chi connectivity index (χ1v) is 16.3. The Hall–Kier alpha value is -7.06. The van der Waals surface area contributed by atoms with Gasteiger partial charge in [0.2, 0.25) is 0 Å². The van der Waals surface area contributed by atoms with E-state index < -0.39 is 0 Å². The predicted molar refractivity (Wildman–Crippen MR) is 198 cm³/mol. The lowest BCUT2D eigenvalue weighted by Gasteiger charge is -2.18. The summed E-state index contributed by atoms with van der Waals surface area (Å²) in [7, 11) is 0. The van der Waals surface area contributed by atoms with Crippen molar-refractivity contribution in [2.24, 2.45) is 0 Å². The van der Waals surface area contributed by atoms with Crippen LogP contribution < -0.4 is 0 Å². The summed E-state index contributed by atoms with van der Waals surface area (Å²) in [6.07, 6.45) is 18.7. The molecule has 0 amide bonds. The van der Waals surface area contributed by atoms with Crippen LogP contribution in [0.2, 0.25) is 0 Å². The van der Waals surface area contributed by atoms with E-state index in [1.165, 1.54) is 0 Å². The molecule has 0 spiro atoms. The van der Waals surface area contributed by atoms with Crippen molar-refractivity contribution in [1.82, 2.24) is 39.0 Å². The van der Waals surface area contributed by atoms with Crippen LogP contribution in [0.25, 0.3) is 88.6 Å². The van der Waals surface area contributed by atoms with Crippen molar-refractivity contribution in [1.29, 1.82) is 0 Å². The van der Waals surface area contributed by atoms with Crippen molar-refractivity contribution in [3.8, 4) is 45.0 Å². The number of nitrogens with zero attached hydrogens (tertiary/aromatic N) is 8. The van der Waals surface area contributed by atoms with E-state index in [4.69, 9.17) is 9.97 Å². The number of pyridine rings is 6. The van der Waals surface area contributed by atoms with Gasteiger partial charge in [0.05, 0.1) is 33.5 Å². The second-order valence-corrected chi connectivity index (χ2v) is 12.1. The topological polar surface area (TPSA) is 87.2 Å². The van der Waals surface area contributed by atoms with Crippen LogP contribution in [0.5, 0.6) is 0 Å². The normalized spacial score (nSPS) is 11.6. The Morgan fingerprint density at radius 2 is 0.720 bits per heavy atom. The third-order valence-electron chi connectivity index (χ3n) is 9.43. The second kappa shape index (κ2) is 11.3. The second-order valence-electron chi connectivity index (χ2n) is 12.1. The maximum Gasteiger partial charge on any atom is 0.0708 e. The van der Waals surface area contributed by atoms with Crippen LogP contribution in [0.1, 0.15) is 0 Å². The number of hydrogen-bond donors (Lipinski definition) is 0. The third-order valence-corrected chi connectivity index (χ3v) is 9.43. The van der Waals surface area contributed by atoms with E-state index in [1.807, 2.05) is 86.2 Å². The van der Waals surface area contributed by atoms with Crippen LogP contribution in [-0.2, 0) is 0 Å². The van der Waals surface area contributed by atoms with Crippen molar-refractivity contribution in [2.45, 2.75) is 0 Å². The maximum atomic E-state index is 4.85. The van der Waals surface area contributed by atoms with Gasteiger partial charge < -0.3 is 9.13 Å². The van der Waals surface area contributed by atoms with Crippen molar-refractivity contribution >= 4 is 43.6 Å². The minimum atomic E-state index is 0.881. The minimum absolute atomic E-state index is 0.881. The smallest absolute Gasteiger partial charge is 0.0708 e. The van der Waals surface area contributed by atoms with E-state index in [9.17, 15) is 0 Å². The molecule has 0 saturated carbocycles. The van der Waals surface area contributed by atoms with E-state index >= 15 is 0 Å². The van der Waals surface area contributed by atoms with E-state index in [2.05, 4.69) is 102 Å². The summed E-state index contributed by atoms with van der Waals surface area (Å²) in [4.78, 5) is 27.4. The van der Waals surface area contributed by atoms with Crippen LogP contribution in [0, 0.1) is 0 Å². The molecule has 0 bridgehead atoms. The summed E-state index contributed by atoms with van der Waals surface area (Å²) in [5, 5.41) is 4.24. The van der Waals surface area contributed by atoms with Crippen LogP contribution in [0.15, 0.2) is 159 Å². The lowest BCUT2D eigenvalue weighted by Crippen LogP contribution is -1.99. The average Bonchev–Trinajstić information content (AvgIpc) is 3.71. The van der Waals surface area contributed by atoms with Gasteiger partial charge in [0.15, 0.2) is 0 Å². The zero-order valence-electron chi connectivity index (χ0n) is 26.6. The summed E-state index contributed by atoms with van der Waals surface area (Å²) < 4.78 is 4.55. The first kappa shape index (κ1) is 28.0. The van der Waals surface area contributed by atoms with Gasteiger partial charge in [-0.3, -0.25) is 29.9 Å². The molecule has 0 unspecified atom stereocenters. The number of fused-ring (bicyclic) bond motifs is 6. The molecule has 0 N–H and O–H groups in total. The zero-order valence-corrected chi connectivity index (χ0v) is 26.6. The van der Waals surface area contributed by atoms with E-state index in [0.29, 0.717) is 0 Å². The highest BCUT2D eigenvalue weighted by Gasteiger charge is 2.20. The Bertz CT molecular complexity index is 2570. The van der Waals surface area contributed by atoms with Crippen molar-refractivity contribution in [3.05, 3.63) is 159 Å². The molecule has 10 aromatic rings. The van der Waals surface area contributed by atoms with Gasteiger partial charge in [-0.25, -0.2) is 0 Å². The molecule has 8 nitrogen and oxygen atoms in total. The predicted octanol–water partition coefficient (Wildman–Crippen LogP) is 9.25. The molecular weight excluding hydrogens is 617 g/mol. The standard InChI is InChI=1S/C42H26N8/c1-3-15-47-37(5-1)31-21-27(49-39-11-17-43-23-33(39)34-24-44-18-12-40(34)49)7-9-29(31)30-10-8-28(22-32(30)38-6-2-4-16-48-38)50-41-13-19-45-25-35(41)36-26-46-20-14-42(36)50/h1-26H. The summed E-state index contributed by atoms with van der Waals surface area (Å²) in [6, 6.07) is 33.6. The molecule has 0 atom stereocenters. The van der Waals surface area contributed by atoms with Gasteiger partial charge in [0.1, 0.15) is 0 Å². The highest BCUT2D eigenvalue weighted by atomic mass is 15.0. The molecule has 8 aromatic heterocycles. The van der Waals surface area contributed by atoms with Crippen LogP contribution in [0.3, 0.4) is 0 Å². The molecule has 0 radical (unpaired) electrons. The molecule has 8 heteroatoms. The van der Waals surface area contributed by atoms with Crippen molar-refractivity contribution in [3.63, 3.8) is 0 Å². The monoisotopic (exact) mass is 642 g/mol. The quantitative estimate of drug-likeness (QED) is 0.186. The molecule has 10 rings (SSSR count). The fraction of sp³-hybridized carbons (Fsp3) is 0. The first-order chi connectivity index (χ1) is 24.8. The minimum Gasteiger partial charge on any atom is -0.309 e. The maximum absolute atomic E-state index is 4.85. The number of hydrogen-bond acceptors (Lipinski definition) is 6. The Morgan fingerprint density at radius 3 is 1.06 bits per heavy atom. The van der Waals surface area contributed by atoms with E-state index in [-0.39, 0.29) is 0 Å². The van der Waals surface area contributed by atoms with E-state index in [0.717, 1.165) is 88.6 Å². The molecule has 2 aromatic carbocycles. The highest BCUT2D eigenvalue weighted by Crippen LogP contribution is 2.41. The van der Waals surface area contributed by atoms with Gasteiger partial charge in [-0.15, -0.1) is 0 Å². The molecule has 0 saturated heterocycles. The molecule has 0 fully saturated rings. The van der Waals surface area contributed by atoms with Gasteiger partial charge >= 0.3 is 0 Å². The van der Waals surface area contributed by atoms with Gasteiger partial charge in [0.25, 0.3) is 0 Å². The Labute approximate surface area is 286 Å². The number of benzene rings is 2. The van der Waals surface area contributed by atoms with Gasteiger partial charge in [0, 0.05) is 106 Å². The first-order valence-electron chi connectivity index (χ1n) is 16.3. The summed E-state index contributed by atoms with van der Waals surface area (Å²) in [5.74, 6) is 0. The Kier molecular flexibility index (Phi) is 6.32. The molecule has 0 aliphatic carbocycles. The fourth-order valence-electron chi connectivity index (χ4n) is 7.25. The highest BCUT2D eigenvalue weighted by molar-refractivity contribution is 6.09. The molecular formula is C42H26N8. The SMILES string of the molecule is c1ccc(-c2cc(-n3c4ccncc4c4cnccc43)ccc2-c2ccc(-n3c4ccncc4c4cnccc43)cc2-c2ccccn2)nc1. The third kappa shape index (κ3) is 4.32. The summed E-state index contributed by atoms with van der Waals surface area (Å²) >= 11 is 0. The van der Waals surface area contributed by atoms with E-state index in [1.54, 1.807) is 0 Å². The van der Waals surface area contributed by atoms with Crippen LogP contribution >= 0.6 is 0 Å². The van der Waals surface area contributed by atoms with Crippen LogP contribution in [0.4, 0.5) is 0 Å². The summed E-state index contributed by atoms with van der Waals surface area (Å²) in [5.41, 5.74) is 12.2. The van der Waals surface area contributed by atoms with Gasteiger partial charge in [-0.05, 0) is 83.9 Å². The van der Waals surface area contributed by atoms with Crippen LogP contribution in [-0.4, -0.2) is 39.0 Å². The molecule has 8 heterocycles.